The second kappa shape index (κ2) is 8.54. The molecule has 0 aliphatic heterocycles. The van der Waals surface area contributed by atoms with Crippen molar-refractivity contribution >= 4 is 17.3 Å². The summed E-state index contributed by atoms with van der Waals surface area (Å²) in [4.78, 5) is 0. The average Bonchev–Trinajstić information content (AvgIpc) is 2.83. The minimum absolute atomic E-state index is 0.726. The topological polar surface area (TPSA) is 41.9 Å². The lowest BCUT2D eigenvalue weighted by Gasteiger charge is -2.11. The molecule has 0 aliphatic rings. The van der Waals surface area contributed by atoms with Gasteiger partial charge in [-0.25, -0.2) is 0 Å². The normalized spacial score (nSPS) is 10.5. The van der Waals surface area contributed by atoms with Crippen LogP contribution in [0.25, 0.3) is 0 Å². The molecule has 0 unspecified atom stereocenters. The molecule has 22 heavy (non-hydrogen) atoms. The maximum absolute atomic E-state index is 5.28. The number of benzene rings is 1. The van der Waals surface area contributed by atoms with Gasteiger partial charge in [0, 0.05) is 25.3 Å². The number of nitrogens with one attached hydrogen (secondary N) is 2. The van der Waals surface area contributed by atoms with Gasteiger partial charge in [-0.1, -0.05) is 30.3 Å². The largest absolute Gasteiger partial charge is 0.363 e. The molecule has 1 aromatic heterocycles. The van der Waals surface area contributed by atoms with Gasteiger partial charge in [0.15, 0.2) is 5.11 Å². The summed E-state index contributed by atoms with van der Waals surface area (Å²) in [5, 5.41) is 11.7. The summed E-state index contributed by atoms with van der Waals surface area (Å²) in [6.45, 7) is 6.73. The van der Waals surface area contributed by atoms with Gasteiger partial charge in [0.05, 0.1) is 5.69 Å². The quantitative estimate of drug-likeness (QED) is 0.609. The van der Waals surface area contributed by atoms with Gasteiger partial charge < -0.3 is 10.6 Å². The number of hydrogen-bond acceptors (Lipinski definition) is 2. The van der Waals surface area contributed by atoms with E-state index < -0.39 is 0 Å². The van der Waals surface area contributed by atoms with E-state index in [0.717, 1.165) is 43.3 Å². The monoisotopic (exact) mass is 316 g/mol. The third kappa shape index (κ3) is 5.48. The maximum atomic E-state index is 5.28. The third-order valence-corrected chi connectivity index (χ3v) is 3.77. The summed E-state index contributed by atoms with van der Waals surface area (Å²) in [6, 6.07) is 12.5. The number of nitrogens with zero attached hydrogens (tertiary/aromatic N) is 2. The van der Waals surface area contributed by atoms with Crippen LogP contribution in [0.1, 0.15) is 23.4 Å². The second-order valence-electron chi connectivity index (χ2n) is 5.42. The molecule has 0 amide bonds. The smallest absolute Gasteiger partial charge is 0.166 e. The molecule has 0 spiro atoms. The highest BCUT2D eigenvalue weighted by Gasteiger charge is 2.00. The van der Waals surface area contributed by atoms with E-state index in [2.05, 4.69) is 53.0 Å². The lowest BCUT2D eigenvalue weighted by molar-refractivity contribution is 0.556. The van der Waals surface area contributed by atoms with Gasteiger partial charge in [0.1, 0.15) is 0 Å². The van der Waals surface area contributed by atoms with E-state index in [4.69, 9.17) is 12.2 Å². The van der Waals surface area contributed by atoms with Gasteiger partial charge >= 0.3 is 0 Å². The molecule has 0 saturated heterocycles. The number of thiocarbonyl (C=S) groups is 1. The van der Waals surface area contributed by atoms with E-state index in [1.54, 1.807) is 0 Å². The Morgan fingerprint density at radius 3 is 2.55 bits per heavy atom. The summed E-state index contributed by atoms with van der Waals surface area (Å²) in [7, 11) is 0. The highest BCUT2D eigenvalue weighted by molar-refractivity contribution is 7.80. The molecule has 2 rings (SSSR count). The maximum Gasteiger partial charge on any atom is 0.166 e. The van der Waals surface area contributed by atoms with Crippen molar-refractivity contribution in [1.82, 2.24) is 20.4 Å². The summed E-state index contributed by atoms with van der Waals surface area (Å²) in [5.74, 6) is 0. The van der Waals surface area contributed by atoms with Crippen LogP contribution in [0.3, 0.4) is 0 Å². The molecule has 118 valence electrons. The first-order valence-electron chi connectivity index (χ1n) is 7.72. The molecule has 4 nitrogen and oxygen atoms in total. The fourth-order valence-corrected chi connectivity index (χ4v) is 2.56. The van der Waals surface area contributed by atoms with Gasteiger partial charge in [0.25, 0.3) is 0 Å². The van der Waals surface area contributed by atoms with Crippen LogP contribution in [0.5, 0.6) is 0 Å². The number of aromatic nitrogens is 2. The van der Waals surface area contributed by atoms with Crippen molar-refractivity contribution in [2.45, 2.75) is 33.2 Å². The highest BCUT2D eigenvalue weighted by atomic mass is 32.1. The van der Waals surface area contributed by atoms with Crippen LogP contribution >= 0.6 is 12.2 Å². The van der Waals surface area contributed by atoms with Crippen LogP contribution in [0.2, 0.25) is 0 Å². The molecule has 0 bridgehead atoms. The summed E-state index contributed by atoms with van der Waals surface area (Å²) in [5.41, 5.74) is 3.60. The van der Waals surface area contributed by atoms with Gasteiger partial charge in [-0.3, -0.25) is 4.68 Å². The first-order valence-corrected chi connectivity index (χ1v) is 8.12. The standard InChI is InChI=1S/C17H24N4S/c1-14-13-15(2)21(20-14)12-6-10-18-17(22)19-11-9-16-7-4-3-5-8-16/h3-5,7-8,13H,6,9-12H2,1-2H3,(H2,18,19,22). The summed E-state index contributed by atoms with van der Waals surface area (Å²) in [6.07, 6.45) is 1.98. The van der Waals surface area contributed by atoms with Crippen molar-refractivity contribution in [3.63, 3.8) is 0 Å². The van der Waals surface area contributed by atoms with Crippen LogP contribution in [0.15, 0.2) is 36.4 Å². The minimum Gasteiger partial charge on any atom is -0.363 e. The fraction of sp³-hybridized carbons (Fsp3) is 0.412. The molecule has 0 radical (unpaired) electrons. The lowest BCUT2D eigenvalue weighted by atomic mass is 10.1. The van der Waals surface area contributed by atoms with Crippen molar-refractivity contribution in [1.29, 1.82) is 0 Å². The van der Waals surface area contributed by atoms with Crippen molar-refractivity contribution in [3.8, 4) is 0 Å². The van der Waals surface area contributed by atoms with Crippen molar-refractivity contribution in [3.05, 3.63) is 53.3 Å². The molecule has 1 aromatic carbocycles. The van der Waals surface area contributed by atoms with Crippen LogP contribution < -0.4 is 10.6 Å². The number of aryl methyl sites for hydroxylation is 3. The SMILES string of the molecule is Cc1cc(C)n(CCCNC(=S)NCCc2ccccc2)n1. The minimum atomic E-state index is 0.726. The Morgan fingerprint density at radius 2 is 1.86 bits per heavy atom. The molecule has 1 heterocycles. The van der Waals surface area contributed by atoms with Crippen LogP contribution in [-0.4, -0.2) is 28.0 Å². The Morgan fingerprint density at radius 1 is 1.14 bits per heavy atom. The van der Waals surface area contributed by atoms with E-state index in [0.29, 0.717) is 0 Å². The van der Waals surface area contributed by atoms with Gasteiger partial charge in [-0.15, -0.1) is 0 Å². The van der Waals surface area contributed by atoms with E-state index in [-0.39, 0.29) is 0 Å². The first kappa shape index (κ1) is 16.5. The Labute approximate surface area is 137 Å². The van der Waals surface area contributed by atoms with Crippen molar-refractivity contribution in [2.24, 2.45) is 0 Å². The van der Waals surface area contributed by atoms with E-state index in [1.165, 1.54) is 11.3 Å². The second-order valence-corrected chi connectivity index (χ2v) is 5.83. The Bertz CT molecular complexity index is 592. The van der Waals surface area contributed by atoms with Gasteiger partial charge in [-0.05, 0) is 50.5 Å². The summed E-state index contributed by atoms with van der Waals surface area (Å²) >= 11 is 5.28. The predicted molar refractivity (Wildman–Crippen MR) is 95.1 cm³/mol. The number of rotatable bonds is 7. The van der Waals surface area contributed by atoms with E-state index in [1.807, 2.05) is 17.7 Å². The van der Waals surface area contributed by atoms with Crippen LogP contribution in [0, 0.1) is 13.8 Å². The highest BCUT2D eigenvalue weighted by Crippen LogP contribution is 2.02. The van der Waals surface area contributed by atoms with E-state index >= 15 is 0 Å². The zero-order valence-electron chi connectivity index (χ0n) is 13.3. The molecule has 2 N–H and O–H groups in total. The van der Waals surface area contributed by atoms with Gasteiger partial charge in [0.2, 0.25) is 0 Å². The van der Waals surface area contributed by atoms with Crippen molar-refractivity contribution in [2.75, 3.05) is 13.1 Å². The average molecular weight is 316 g/mol. The molecule has 0 saturated carbocycles. The summed E-state index contributed by atoms with van der Waals surface area (Å²) < 4.78 is 2.04. The molecule has 0 aliphatic carbocycles. The zero-order valence-corrected chi connectivity index (χ0v) is 14.1. The van der Waals surface area contributed by atoms with Crippen molar-refractivity contribution < 1.29 is 0 Å². The molecular formula is C17H24N4S. The van der Waals surface area contributed by atoms with E-state index in [9.17, 15) is 0 Å². The predicted octanol–water partition coefficient (Wildman–Crippen LogP) is 2.60. The zero-order chi connectivity index (χ0) is 15.8. The molecular weight excluding hydrogens is 292 g/mol. The first-order chi connectivity index (χ1) is 10.6. The lowest BCUT2D eigenvalue weighted by Crippen LogP contribution is -2.37. The molecule has 0 fully saturated rings. The number of hydrogen-bond donors (Lipinski definition) is 2. The third-order valence-electron chi connectivity index (χ3n) is 3.48. The Kier molecular flexibility index (Phi) is 6.40. The molecule has 5 heteroatoms. The fourth-order valence-electron chi connectivity index (χ4n) is 2.36. The Balaban J connectivity index is 1.57. The Hall–Kier alpha value is -1.88. The van der Waals surface area contributed by atoms with Crippen LogP contribution in [0.4, 0.5) is 0 Å². The molecule has 2 aromatic rings. The van der Waals surface area contributed by atoms with Gasteiger partial charge in [-0.2, -0.15) is 5.10 Å². The van der Waals surface area contributed by atoms with Crippen LogP contribution in [-0.2, 0) is 13.0 Å². The molecule has 0 atom stereocenters.